The fourth-order valence-corrected chi connectivity index (χ4v) is 4.10. The van der Waals surface area contributed by atoms with Crippen LogP contribution in [0, 0.1) is 5.92 Å². The molecular formula is C15H21NO4S. The minimum Gasteiger partial charge on any atom is -0.480 e. The summed E-state index contributed by atoms with van der Waals surface area (Å²) in [6, 6.07) is 9.41. The molecule has 1 saturated carbocycles. The molecule has 1 aromatic carbocycles. The van der Waals surface area contributed by atoms with Gasteiger partial charge in [-0.1, -0.05) is 37.3 Å². The number of rotatable bonds is 8. The van der Waals surface area contributed by atoms with E-state index in [2.05, 4.69) is 0 Å². The lowest BCUT2D eigenvalue weighted by molar-refractivity contribution is -0.137. The molecule has 0 heterocycles. The highest BCUT2D eigenvalue weighted by molar-refractivity contribution is 7.89. The van der Waals surface area contributed by atoms with Gasteiger partial charge in [0.1, 0.15) is 6.54 Å². The zero-order valence-electron chi connectivity index (χ0n) is 12.1. The van der Waals surface area contributed by atoms with E-state index in [1.807, 2.05) is 37.3 Å². The Morgan fingerprint density at radius 3 is 2.48 bits per heavy atom. The smallest absolute Gasteiger partial charge is 0.318 e. The molecule has 2 rings (SSSR count). The van der Waals surface area contributed by atoms with E-state index in [4.69, 9.17) is 5.11 Å². The molecule has 1 unspecified atom stereocenters. The summed E-state index contributed by atoms with van der Waals surface area (Å²) in [6.07, 6.45) is 1.97. The van der Waals surface area contributed by atoms with Crippen molar-refractivity contribution in [1.82, 2.24) is 4.31 Å². The largest absolute Gasteiger partial charge is 0.480 e. The number of carboxylic acids is 1. The number of benzene rings is 1. The third-order valence-electron chi connectivity index (χ3n) is 3.69. The molecule has 5 nitrogen and oxygen atoms in total. The Balaban J connectivity index is 2.08. The lowest BCUT2D eigenvalue weighted by Gasteiger charge is -2.22. The van der Waals surface area contributed by atoms with Crippen LogP contribution in [0.5, 0.6) is 0 Å². The Labute approximate surface area is 125 Å². The van der Waals surface area contributed by atoms with Crippen LogP contribution < -0.4 is 0 Å². The number of carbonyl (C=O) groups is 1. The molecule has 0 spiro atoms. The van der Waals surface area contributed by atoms with Crippen LogP contribution in [0.4, 0.5) is 0 Å². The first kappa shape index (κ1) is 16.0. The van der Waals surface area contributed by atoms with Gasteiger partial charge in [-0.3, -0.25) is 4.79 Å². The maximum absolute atomic E-state index is 12.5. The van der Waals surface area contributed by atoms with Crippen molar-refractivity contribution >= 4 is 16.0 Å². The van der Waals surface area contributed by atoms with Crippen molar-refractivity contribution in [3.63, 3.8) is 0 Å². The van der Waals surface area contributed by atoms with Gasteiger partial charge in [0.2, 0.25) is 10.0 Å². The first-order valence-corrected chi connectivity index (χ1v) is 8.74. The average molecular weight is 311 g/mol. The molecule has 1 atom stereocenters. The van der Waals surface area contributed by atoms with E-state index >= 15 is 0 Å². The van der Waals surface area contributed by atoms with Crippen LogP contribution in [-0.4, -0.2) is 42.6 Å². The second-order valence-electron chi connectivity index (χ2n) is 5.72. The minimum absolute atomic E-state index is 0.0585. The third kappa shape index (κ3) is 4.82. The summed E-state index contributed by atoms with van der Waals surface area (Å²) in [6.45, 7) is 1.74. The summed E-state index contributed by atoms with van der Waals surface area (Å²) >= 11 is 0. The zero-order chi connectivity index (χ0) is 15.5. The van der Waals surface area contributed by atoms with Crippen molar-refractivity contribution in [2.24, 2.45) is 5.92 Å². The average Bonchev–Trinajstić information content (AvgIpc) is 3.22. The third-order valence-corrected chi connectivity index (χ3v) is 5.68. The number of aliphatic carboxylic acids is 1. The Kier molecular flexibility index (Phi) is 5.00. The second kappa shape index (κ2) is 6.58. The number of nitrogens with zero attached hydrogens (tertiary/aromatic N) is 1. The molecule has 1 N–H and O–H groups in total. The van der Waals surface area contributed by atoms with Gasteiger partial charge in [0, 0.05) is 6.54 Å². The summed E-state index contributed by atoms with van der Waals surface area (Å²) < 4.78 is 26.1. The van der Waals surface area contributed by atoms with Crippen LogP contribution in [0.15, 0.2) is 30.3 Å². The van der Waals surface area contributed by atoms with Crippen LogP contribution in [0.2, 0.25) is 0 Å². The first-order chi connectivity index (χ1) is 9.88. The predicted molar refractivity (Wildman–Crippen MR) is 80.6 cm³/mol. The number of carboxylic acid groups (broad SMARTS) is 1. The first-order valence-electron chi connectivity index (χ1n) is 7.13. The Morgan fingerprint density at radius 2 is 1.95 bits per heavy atom. The molecule has 1 aromatic rings. The van der Waals surface area contributed by atoms with Crippen LogP contribution in [0.3, 0.4) is 0 Å². The highest BCUT2D eigenvalue weighted by atomic mass is 32.2. The molecule has 0 bridgehead atoms. The van der Waals surface area contributed by atoms with Crippen molar-refractivity contribution in [2.75, 3.05) is 18.8 Å². The van der Waals surface area contributed by atoms with Gasteiger partial charge >= 0.3 is 5.97 Å². The maximum Gasteiger partial charge on any atom is 0.318 e. The predicted octanol–water partition coefficient (Wildman–Crippen LogP) is 1.92. The summed E-state index contributed by atoms with van der Waals surface area (Å²) in [4.78, 5) is 10.9. The Hall–Kier alpha value is -1.40. The van der Waals surface area contributed by atoms with Crippen molar-refractivity contribution in [3.05, 3.63) is 35.9 Å². The van der Waals surface area contributed by atoms with Crippen molar-refractivity contribution in [1.29, 1.82) is 0 Å². The van der Waals surface area contributed by atoms with E-state index in [9.17, 15) is 13.2 Å². The van der Waals surface area contributed by atoms with E-state index in [1.165, 1.54) is 0 Å². The van der Waals surface area contributed by atoms with Gasteiger partial charge < -0.3 is 5.11 Å². The molecule has 1 aliphatic rings. The van der Waals surface area contributed by atoms with Crippen molar-refractivity contribution in [3.8, 4) is 0 Å². The van der Waals surface area contributed by atoms with Gasteiger partial charge in [0.05, 0.1) is 5.75 Å². The highest BCUT2D eigenvalue weighted by Gasteiger charge is 2.32. The normalized spacial score (nSPS) is 16.9. The summed E-state index contributed by atoms with van der Waals surface area (Å²) in [5.74, 6) is -0.999. The minimum atomic E-state index is -3.57. The molecule has 0 amide bonds. The monoisotopic (exact) mass is 311 g/mol. The second-order valence-corrected chi connectivity index (χ2v) is 7.73. The summed E-state index contributed by atoms with van der Waals surface area (Å²) in [7, 11) is -3.57. The zero-order valence-corrected chi connectivity index (χ0v) is 12.9. The summed E-state index contributed by atoms with van der Waals surface area (Å²) in [5.41, 5.74) is 0.947. The van der Waals surface area contributed by atoms with Crippen LogP contribution in [0.1, 0.15) is 31.2 Å². The number of hydrogen-bond donors (Lipinski definition) is 1. The topological polar surface area (TPSA) is 74.7 Å². The van der Waals surface area contributed by atoms with E-state index < -0.39 is 22.5 Å². The van der Waals surface area contributed by atoms with Crippen LogP contribution in [-0.2, 0) is 14.8 Å². The lowest BCUT2D eigenvalue weighted by atomic mass is 10.0. The van der Waals surface area contributed by atoms with E-state index in [-0.39, 0.29) is 11.7 Å². The van der Waals surface area contributed by atoms with E-state index in [0.29, 0.717) is 12.5 Å². The fraction of sp³-hybridized carbons (Fsp3) is 0.533. The van der Waals surface area contributed by atoms with E-state index in [0.717, 1.165) is 22.7 Å². The highest BCUT2D eigenvalue weighted by Crippen LogP contribution is 2.31. The molecule has 0 saturated heterocycles. The van der Waals surface area contributed by atoms with E-state index in [1.54, 1.807) is 0 Å². The number of hydrogen-bond acceptors (Lipinski definition) is 3. The molecule has 0 aromatic heterocycles. The van der Waals surface area contributed by atoms with Gasteiger partial charge in [-0.25, -0.2) is 8.42 Å². The maximum atomic E-state index is 12.5. The fourth-order valence-electron chi connectivity index (χ4n) is 2.31. The summed E-state index contributed by atoms with van der Waals surface area (Å²) in [5, 5.41) is 8.93. The van der Waals surface area contributed by atoms with Gasteiger partial charge in [-0.2, -0.15) is 4.31 Å². The number of sulfonamides is 1. The van der Waals surface area contributed by atoms with Crippen LogP contribution in [0.25, 0.3) is 0 Å². The molecule has 21 heavy (non-hydrogen) atoms. The molecular weight excluding hydrogens is 290 g/mol. The Bertz CT molecular complexity index is 581. The molecule has 0 aliphatic heterocycles. The van der Waals surface area contributed by atoms with Gasteiger partial charge in [0.25, 0.3) is 0 Å². The van der Waals surface area contributed by atoms with Gasteiger partial charge in [-0.05, 0) is 30.2 Å². The molecule has 1 fully saturated rings. The van der Waals surface area contributed by atoms with Crippen molar-refractivity contribution in [2.45, 2.75) is 25.7 Å². The van der Waals surface area contributed by atoms with Gasteiger partial charge in [-0.15, -0.1) is 0 Å². The standard InChI is InChI=1S/C15H21NO4S/c1-12(14-5-3-2-4-6-14)11-21(19,20)16(10-15(17)18)9-13-7-8-13/h2-6,12-13H,7-11H2,1H3,(H,17,18). The SMILES string of the molecule is CC(CS(=O)(=O)N(CC(=O)O)CC1CC1)c1ccccc1. The van der Waals surface area contributed by atoms with Crippen LogP contribution >= 0.6 is 0 Å². The Morgan fingerprint density at radius 1 is 1.33 bits per heavy atom. The molecule has 1 aliphatic carbocycles. The molecule has 6 heteroatoms. The van der Waals surface area contributed by atoms with Crippen molar-refractivity contribution < 1.29 is 18.3 Å². The van der Waals surface area contributed by atoms with Gasteiger partial charge in [0.15, 0.2) is 0 Å². The lowest BCUT2D eigenvalue weighted by Crippen LogP contribution is -2.39. The molecule has 0 radical (unpaired) electrons. The molecule has 116 valence electrons. The quantitative estimate of drug-likeness (QED) is 0.796.